The molecule has 2 heterocycles. The van der Waals surface area contributed by atoms with Gasteiger partial charge in [0.2, 0.25) is 0 Å². The number of hydrogen-bond donors (Lipinski definition) is 3. The summed E-state index contributed by atoms with van der Waals surface area (Å²) in [6.07, 6.45) is 2.65. The molecular weight excluding hydrogens is 406 g/mol. The number of thiazole rings is 1. The molecule has 3 aromatic carbocycles. The molecule has 0 unspecified atom stereocenters. The summed E-state index contributed by atoms with van der Waals surface area (Å²) in [5, 5.41) is 6.68. The van der Waals surface area contributed by atoms with E-state index >= 15 is 0 Å². The Morgan fingerprint density at radius 3 is 2.84 bits per heavy atom. The van der Waals surface area contributed by atoms with Crippen LogP contribution >= 0.6 is 11.3 Å². The van der Waals surface area contributed by atoms with Crippen LogP contribution in [0.1, 0.15) is 5.56 Å². The average Bonchev–Trinajstić information content (AvgIpc) is 3.37. The van der Waals surface area contributed by atoms with Crippen molar-refractivity contribution in [2.75, 3.05) is 11.9 Å². The van der Waals surface area contributed by atoms with E-state index in [2.05, 4.69) is 57.7 Å². The van der Waals surface area contributed by atoms with Crippen LogP contribution in [0, 0.1) is 0 Å². The summed E-state index contributed by atoms with van der Waals surface area (Å²) in [6, 6.07) is 20.8. The summed E-state index contributed by atoms with van der Waals surface area (Å²) < 4.78 is 1.62. The van der Waals surface area contributed by atoms with E-state index in [0.717, 1.165) is 33.0 Å². The molecule has 6 nitrogen and oxygen atoms in total. The summed E-state index contributed by atoms with van der Waals surface area (Å²) in [6.45, 7) is 0.644. The number of anilines is 1. The van der Waals surface area contributed by atoms with Crippen LogP contribution in [0.25, 0.3) is 32.2 Å². The maximum absolute atomic E-state index is 11.8. The lowest BCUT2D eigenvalue weighted by atomic mass is 10.0. The fourth-order valence-corrected chi connectivity index (χ4v) is 4.64. The van der Waals surface area contributed by atoms with Crippen LogP contribution in [0.2, 0.25) is 0 Å². The minimum atomic E-state index is -0.112. The third kappa shape index (κ3) is 3.97. The molecule has 0 aliphatic rings. The Hall–Kier alpha value is -3.42. The Bertz CT molecular complexity index is 1430. The lowest BCUT2D eigenvalue weighted by Gasteiger charge is -2.13. The third-order valence-corrected chi connectivity index (χ3v) is 6.53. The fourth-order valence-electron chi connectivity index (χ4n) is 3.82. The van der Waals surface area contributed by atoms with Crippen molar-refractivity contribution in [1.29, 1.82) is 0 Å². The van der Waals surface area contributed by atoms with Gasteiger partial charge in [0.05, 0.1) is 15.9 Å². The van der Waals surface area contributed by atoms with Crippen molar-refractivity contribution in [3.05, 3.63) is 82.9 Å². The second kappa shape index (κ2) is 8.02. The number of aromatic amines is 1. The lowest BCUT2D eigenvalue weighted by Crippen LogP contribution is -2.31. The number of hydrogen-bond acceptors (Lipinski definition) is 5. The van der Waals surface area contributed by atoms with Gasteiger partial charge in [0.1, 0.15) is 0 Å². The van der Waals surface area contributed by atoms with E-state index in [1.54, 1.807) is 23.0 Å². The van der Waals surface area contributed by atoms with Crippen molar-refractivity contribution in [1.82, 2.24) is 14.5 Å². The van der Waals surface area contributed by atoms with Crippen LogP contribution in [-0.2, 0) is 13.5 Å². The molecule has 0 aliphatic carbocycles. The molecule has 0 fully saturated rings. The molecule has 0 spiro atoms. The number of nitrogens with one attached hydrogen (secondary N) is 2. The van der Waals surface area contributed by atoms with Crippen molar-refractivity contribution >= 4 is 38.3 Å². The number of nitrogens with zero attached hydrogens (tertiary/aromatic N) is 2. The highest BCUT2D eigenvalue weighted by Crippen LogP contribution is 2.30. The highest BCUT2D eigenvalue weighted by atomic mass is 32.1. The van der Waals surface area contributed by atoms with Gasteiger partial charge in [-0.25, -0.2) is 9.78 Å². The van der Waals surface area contributed by atoms with Gasteiger partial charge in [-0.3, -0.25) is 4.57 Å². The fraction of sp³-hybridized carbons (Fsp3) is 0.167. The van der Waals surface area contributed by atoms with Crippen LogP contribution < -0.4 is 16.7 Å². The number of fused-ring (bicyclic) bond motifs is 2. The molecule has 31 heavy (non-hydrogen) atoms. The molecule has 4 N–H and O–H groups in total. The van der Waals surface area contributed by atoms with Gasteiger partial charge in [0.25, 0.3) is 0 Å². The summed E-state index contributed by atoms with van der Waals surface area (Å²) in [4.78, 5) is 20.2. The maximum atomic E-state index is 11.8. The number of rotatable bonds is 6. The largest absolute Gasteiger partial charge is 0.360 e. The number of H-pyrrole nitrogens is 1. The molecule has 2 aromatic heterocycles. The lowest BCUT2D eigenvalue weighted by molar-refractivity contribution is 0.699. The van der Waals surface area contributed by atoms with E-state index < -0.39 is 0 Å². The first-order valence-corrected chi connectivity index (χ1v) is 11.0. The molecule has 1 atom stereocenters. The number of aromatic nitrogens is 3. The second-order valence-electron chi connectivity index (χ2n) is 7.78. The first-order chi connectivity index (χ1) is 15.1. The Morgan fingerprint density at radius 1 is 1.13 bits per heavy atom. The molecule has 156 valence electrons. The van der Waals surface area contributed by atoms with Gasteiger partial charge in [-0.15, -0.1) is 0 Å². The molecule has 5 rings (SSSR count). The molecule has 0 bridgehead atoms. The predicted octanol–water partition coefficient (Wildman–Crippen LogP) is 4.13. The van der Waals surface area contributed by atoms with Gasteiger partial charge in [-0.05, 0) is 40.5 Å². The summed E-state index contributed by atoms with van der Waals surface area (Å²) in [7, 11) is 1.77. The van der Waals surface area contributed by atoms with Gasteiger partial charge < -0.3 is 16.0 Å². The quantitative estimate of drug-likeness (QED) is 0.379. The minimum absolute atomic E-state index is 0.0146. The zero-order valence-electron chi connectivity index (χ0n) is 17.1. The SMILES string of the molecule is Cn1c(=O)[nH]c2ccc(-c3cnc(NC[C@H](N)Cc4ccc5ccccc5c4)s3)cc21. The first kappa shape index (κ1) is 19.5. The molecule has 0 radical (unpaired) electrons. The molecular formula is C24H23N5OS. The normalized spacial score (nSPS) is 12.5. The summed E-state index contributed by atoms with van der Waals surface area (Å²) >= 11 is 1.58. The molecule has 5 aromatic rings. The topological polar surface area (TPSA) is 88.7 Å². The van der Waals surface area contributed by atoms with Gasteiger partial charge >= 0.3 is 5.69 Å². The van der Waals surface area contributed by atoms with Gasteiger partial charge in [0.15, 0.2) is 5.13 Å². The number of benzene rings is 3. The third-order valence-electron chi connectivity index (χ3n) is 5.52. The second-order valence-corrected chi connectivity index (χ2v) is 8.81. The van der Waals surface area contributed by atoms with E-state index in [1.165, 1.54) is 16.3 Å². The Labute approximate surface area is 183 Å². The van der Waals surface area contributed by atoms with Gasteiger partial charge in [-0.1, -0.05) is 59.9 Å². The predicted molar refractivity (Wildman–Crippen MR) is 129 cm³/mol. The van der Waals surface area contributed by atoms with Crippen LogP contribution in [-0.4, -0.2) is 27.1 Å². The smallest absolute Gasteiger partial charge is 0.326 e. The monoisotopic (exact) mass is 429 g/mol. The van der Waals surface area contributed by atoms with E-state index in [9.17, 15) is 4.79 Å². The van der Waals surface area contributed by atoms with Crippen LogP contribution in [0.5, 0.6) is 0 Å². The molecule has 0 saturated carbocycles. The minimum Gasteiger partial charge on any atom is -0.360 e. The number of nitrogens with two attached hydrogens (primary N) is 1. The van der Waals surface area contributed by atoms with Crippen molar-refractivity contribution in [3.63, 3.8) is 0 Å². The standard InChI is InChI=1S/C24H23N5OS/c1-29-21-12-18(8-9-20(21)28-24(29)30)22-14-27-23(31-22)26-13-19(25)11-15-6-7-16-4-2-3-5-17(16)10-15/h2-10,12,14,19H,11,13,25H2,1H3,(H,26,27)(H,28,30)/t19-/m1/s1. The zero-order chi connectivity index (χ0) is 21.4. The Morgan fingerprint density at radius 2 is 1.97 bits per heavy atom. The molecule has 7 heteroatoms. The van der Waals surface area contributed by atoms with Crippen molar-refractivity contribution in [3.8, 4) is 10.4 Å². The van der Waals surface area contributed by atoms with E-state index in [1.807, 2.05) is 24.4 Å². The molecule has 0 saturated heterocycles. The number of imidazole rings is 1. The Balaban J connectivity index is 1.25. The van der Waals surface area contributed by atoms with Gasteiger partial charge in [-0.2, -0.15) is 0 Å². The maximum Gasteiger partial charge on any atom is 0.326 e. The van der Waals surface area contributed by atoms with Crippen molar-refractivity contribution in [2.24, 2.45) is 12.8 Å². The number of aryl methyl sites for hydroxylation is 1. The molecule has 0 aliphatic heterocycles. The van der Waals surface area contributed by atoms with E-state index in [4.69, 9.17) is 5.73 Å². The van der Waals surface area contributed by atoms with E-state index in [0.29, 0.717) is 6.54 Å². The van der Waals surface area contributed by atoms with Crippen molar-refractivity contribution in [2.45, 2.75) is 12.5 Å². The van der Waals surface area contributed by atoms with Crippen LogP contribution in [0.15, 0.2) is 71.7 Å². The zero-order valence-corrected chi connectivity index (χ0v) is 17.9. The summed E-state index contributed by atoms with van der Waals surface area (Å²) in [5.41, 5.74) is 10.2. The van der Waals surface area contributed by atoms with Crippen molar-refractivity contribution < 1.29 is 0 Å². The first-order valence-electron chi connectivity index (χ1n) is 10.2. The average molecular weight is 430 g/mol. The van der Waals surface area contributed by atoms with Crippen LogP contribution in [0.4, 0.5) is 5.13 Å². The molecule has 0 amide bonds. The van der Waals surface area contributed by atoms with E-state index in [-0.39, 0.29) is 11.7 Å². The highest BCUT2D eigenvalue weighted by molar-refractivity contribution is 7.18. The van der Waals surface area contributed by atoms with Crippen LogP contribution in [0.3, 0.4) is 0 Å². The van der Waals surface area contributed by atoms with Gasteiger partial charge in [0, 0.05) is 25.8 Å². The highest BCUT2D eigenvalue weighted by Gasteiger charge is 2.10. The Kier molecular flexibility index (Phi) is 5.05. The summed E-state index contributed by atoms with van der Waals surface area (Å²) in [5.74, 6) is 0.